The molecule has 2 N–H and O–H groups in total. The number of ether oxygens (including phenoxy) is 1. The normalized spacial score (nSPS) is 10.2. The van der Waals surface area contributed by atoms with E-state index in [0.29, 0.717) is 16.3 Å². The highest BCUT2D eigenvalue weighted by Crippen LogP contribution is 2.29. The van der Waals surface area contributed by atoms with E-state index in [1.807, 2.05) is 30.5 Å². The van der Waals surface area contributed by atoms with E-state index in [-0.39, 0.29) is 4.99 Å². The molecular weight excluding hydrogens is 298 g/mol. The molecule has 0 aliphatic rings. The van der Waals surface area contributed by atoms with Gasteiger partial charge in [0.2, 0.25) is 0 Å². The largest absolute Gasteiger partial charge is 0.457 e. The molecule has 19 heavy (non-hydrogen) atoms. The third kappa shape index (κ3) is 3.62. The molecular formula is C14H12ClNOS2. The zero-order chi connectivity index (χ0) is 13.8. The molecule has 0 spiro atoms. The molecule has 2 rings (SSSR count). The van der Waals surface area contributed by atoms with Gasteiger partial charge in [-0.2, -0.15) is 0 Å². The topological polar surface area (TPSA) is 35.2 Å². The number of halogens is 1. The van der Waals surface area contributed by atoms with E-state index in [1.54, 1.807) is 30.0 Å². The first-order chi connectivity index (χ1) is 9.10. The Hall–Kier alpha value is -1.23. The molecule has 0 unspecified atom stereocenters. The average Bonchev–Trinajstić information content (AvgIpc) is 2.39. The van der Waals surface area contributed by atoms with Gasteiger partial charge in [-0.1, -0.05) is 23.8 Å². The van der Waals surface area contributed by atoms with Crippen LogP contribution in [0.25, 0.3) is 0 Å². The van der Waals surface area contributed by atoms with Crippen LogP contribution < -0.4 is 10.5 Å². The Morgan fingerprint density at radius 1 is 1.21 bits per heavy atom. The third-order valence-electron chi connectivity index (χ3n) is 2.50. The van der Waals surface area contributed by atoms with Crippen LogP contribution in [0.5, 0.6) is 11.5 Å². The van der Waals surface area contributed by atoms with Crippen LogP contribution in [-0.2, 0) is 0 Å². The molecule has 0 saturated heterocycles. The summed E-state index contributed by atoms with van der Waals surface area (Å²) in [6, 6.07) is 13.0. The number of thiocarbonyl (C=S) groups is 1. The molecule has 5 heteroatoms. The van der Waals surface area contributed by atoms with E-state index in [0.717, 1.165) is 5.75 Å². The van der Waals surface area contributed by atoms with Crippen molar-refractivity contribution < 1.29 is 4.74 Å². The first-order valence-electron chi connectivity index (χ1n) is 5.51. The third-order valence-corrected chi connectivity index (χ3v) is 3.69. The van der Waals surface area contributed by atoms with Crippen molar-refractivity contribution in [3.05, 3.63) is 53.1 Å². The number of thioether (sulfide) groups is 1. The molecule has 0 bridgehead atoms. The van der Waals surface area contributed by atoms with Gasteiger partial charge < -0.3 is 10.5 Å². The fourth-order valence-electron chi connectivity index (χ4n) is 1.55. The van der Waals surface area contributed by atoms with Crippen LogP contribution >= 0.6 is 35.6 Å². The van der Waals surface area contributed by atoms with Crippen molar-refractivity contribution in [3.8, 4) is 11.5 Å². The molecule has 98 valence electrons. The van der Waals surface area contributed by atoms with Gasteiger partial charge >= 0.3 is 0 Å². The minimum absolute atomic E-state index is 0.285. The highest BCUT2D eigenvalue weighted by atomic mass is 35.5. The second kappa shape index (κ2) is 6.28. The second-order valence-corrected chi connectivity index (χ2v) is 5.54. The van der Waals surface area contributed by atoms with Crippen molar-refractivity contribution >= 4 is 40.6 Å². The van der Waals surface area contributed by atoms with Gasteiger partial charge in [-0.3, -0.25) is 0 Å². The Bertz CT molecular complexity index is 599. The summed E-state index contributed by atoms with van der Waals surface area (Å²) >= 11 is 12.6. The van der Waals surface area contributed by atoms with E-state index in [1.165, 1.54) is 4.90 Å². The maximum Gasteiger partial charge on any atom is 0.139 e. The summed E-state index contributed by atoms with van der Waals surface area (Å²) in [6.45, 7) is 0. The van der Waals surface area contributed by atoms with E-state index in [4.69, 9.17) is 34.3 Å². The van der Waals surface area contributed by atoms with Crippen LogP contribution in [0.1, 0.15) is 5.56 Å². The van der Waals surface area contributed by atoms with Gasteiger partial charge in [0.15, 0.2) is 0 Å². The summed E-state index contributed by atoms with van der Waals surface area (Å²) in [7, 11) is 0. The smallest absolute Gasteiger partial charge is 0.139 e. The van der Waals surface area contributed by atoms with Crippen LogP contribution in [-0.4, -0.2) is 11.2 Å². The molecule has 0 aliphatic carbocycles. The number of rotatable bonds is 4. The monoisotopic (exact) mass is 309 g/mol. The van der Waals surface area contributed by atoms with Crippen molar-refractivity contribution in [2.75, 3.05) is 6.26 Å². The molecule has 0 aliphatic heterocycles. The summed E-state index contributed by atoms with van der Waals surface area (Å²) in [5.74, 6) is 1.29. The fraction of sp³-hybridized carbons (Fsp3) is 0.0714. The first kappa shape index (κ1) is 14.2. The fourth-order valence-corrected chi connectivity index (χ4v) is 2.29. The Morgan fingerprint density at radius 3 is 2.47 bits per heavy atom. The van der Waals surface area contributed by atoms with Crippen molar-refractivity contribution in [3.63, 3.8) is 0 Å². The highest BCUT2D eigenvalue weighted by Gasteiger charge is 2.08. The highest BCUT2D eigenvalue weighted by molar-refractivity contribution is 7.98. The lowest BCUT2D eigenvalue weighted by Gasteiger charge is -2.11. The van der Waals surface area contributed by atoms with Gasteiger partial charge in [-0.25, -0.2) is 0 Å². The molecule has 0 aromatic heterocycles. The molecule has 2 nitrogen and oxygen atoms in total. The minimum atomic E-state index is 0.285. The molecule has 0 fully saturated rings. The van der Waals surface area contributed by atoms with E-state index in [2.05, 4.69) is 0 Å². The molecule has 0 atom stereocenters. The van der Waals surface area contributed by atoms with Crippen LogP contribution in [0.2, 0.25) is 5.02 Å². The van der Waals surface area contributed by atoms with Gasteiger partial charge in [0, 0.05) is 16.0 Å². The van der Waals surface area contributed by atoms with E-state index >= 15 is 0 Å². The standard InChI is InChI=1S/C14H12ClNOS2/c1-19-11-5-3-10(4-6-11)17-13-8-9(15)2-7-12(13)14(16)18/h2-8H,1H3,(H2,16,18). The van der Waals surface area contributed by atoms with Crippen LogP contribution in [0.3, 0.4) is 0 Å². The molecule has 0 saturated carbocycles. The molecule has 2 aromatic rings. The first-order valence-corrected chi connectivity index (χ1v) is 7.52. The summed E-state index contributed by atoms with van der Waals surface area (Å²) in [5, 5.41) is 0.579. The number of benzene rings is 2. The lowest BCUT2D eigenvalue weighted by molar-refractivity contribution is 0.481. The van der Waals surface area contributed by atoms with E-state index < -0.39 is 0 Å². The Labute approximate surface area is 126 Å². The molecule has 0 amide bonds. The van der Waals surface area contributed by atoms with E-state index in [9.17, 15) is 0 Å². The van der Waals surface area contributed by atoms with Crippen LogP contribution in [0, 0.1) is 0 Å². The maximum absolute atomic E-state index is 5.97. The Kier molecular flexibility index (Phi) is 4.69. The molecule has 0 heterocycles. The van der Waals surface area contributed by atoms with Crippen molar-refractivity contribution in [1.29, 1.82) is 0 Å². The van der Waals surface area contributed by atoms with Gasteiger partial charge in [-0.05, 0) is 42.7 Å². The summed E-state index contributed by atoms with van der Waals surface area (Å²) in [6.07, 6.45) is 2.03. The summed E-state index contributed by atoms with van der Waals surface area (Å²) in [4.78, 5) is 1.46. The second-order valence-electron chi connectivity index (χ2n) is 3.78. The summed E-state index contributed by atoms with van der Waals surface area (Å²) in [5.41, 5.74) is 6.34. The Balaban J connectivity index is 2.31. The number of hydrogen-bond donors (Lipinski definition) is 1. The summed E-state index contributed by atoms with van der Waals surface area (Å²) < 4.78 is 5.79. The maximum atomic E-state index is 5.97. The Morgan fingerprint density at radius 2 is 1.89 bits per heavy atom. The number of hydrogen-bond acceptors (Lipinski definition) is 3. The number of nitrogens with two attached hydrogens (primary N) is 1. The molecule has 2 aromatic carbocycles. The lowest BCUT2D eigenvalue weighted by Crippen LogP contribution is -2.10. The quantitative estimate of drug-likeness (QED) is 0.667. The van der Waals surface area contributed by atoms with Crippen LogP contribution in [0.4, 0.5) is 0 Å². The van der Waals surface area contributed by atoms with Crippen LogP contribution in [0.15, 0.2) is 47.4 Å². The van der Waals surface area contributed by atoms with Gasteiger partial charge in [0.05, 0.1) is 5.56 Å². The predicted molar refractivity (Wildman–Crippen MR) is 85.6 cm³/mol. The average molecular weight is 310 g/mol. The SMILES string of the molecule is CSc1ccc(Oc2cc(Cl)ccc2C(N)=S)cc1. The molecule has 0 radical (unpaired) electrons. The predicted octanol–water partition coefficient (Wildman–Crippen LogP) is 4.49. The zero-order valence-corrected chi connectivity index (χ0v) is 12.6. The zero-order valence-electron chi connectivity index (χ0n) is 10.2. The minimum Gasteiger partial charge on any atom is -0.457 e. The van der Waals surface area contributed by atoms with Gasteiger partial charge in [0.25, 0.3) is 0 Å². The van der Waals surface area contributed by atoms with Crippen molar-refractivity contribution in [2.24, 2.45) is 5.73 Å². The van der Waals surface area contributed by atoms with Gasteiger partial charge in [0.1, 0.15) is 16.5 Å². The van der Waals surface area contributed by atoms with Crippen molar-refractivity contribution in [2.45, 2.75) is 4.90 Å². The van der Waals surface area contributed by atoms with Gasteiger partial charge in [-0.15, -0.1) is 11.8 Å². The lowest BCUT2D eigenvalue weighted by atomic mass is 10.2. The van der Waals surface area contributed by atoms with Crippen molar-refractivity contribution in [1.82, 2.24) is 0 Å².